The maximum Gasteiger partial charge on any atom is 0.416 e. The standard InChI is InChI=1S/C18H17Cl2F3N4S/c1-27-16(14(20)9-25-27)17-13(19)7-15(28-17)26-11(8-24)6-10-4-2-3-5-12(10)18(21,22)23/h2-5,7,9,11,26H,6,8,24H2,1H3/t11-/m0/s1. The second-order valence-corrected chi connectivity index (χ2v) is 8.06. The van der Waals surface area contributed by atoms with Crippen LogP contribution in [0.15, 0.2) is 36.5 Å². The number of benzene rings is 1. The van der Waals surface area contributed by atoms with Crippen LogP contribution in [-0.4, -0.2) is 22.4 Å². The zero-order valence-electron chi connectivity index (χ0n) is 14.7. The number of nitrogens with two attached hydrogens (primary N) is 1. The number of aryl methyl sites for hydroxylation is 1. The second-order valence-electron chi connectivity index (χ2n) is 6.19. The van der Waals surface area contributed by atoms with Gasteiger partial charge in [0.1, 0.15) is 0 Å². The lowest BCUT2D eigenvalue weighted by molar-refractivity contribution is -0.138. The van der Waals surface area contributed by atoms with Crippen LogP contribution < -0.4 is 11.1 Å². The molecule has 1 atom stereocenters. The van der Waals surface area contributed by atoms with Crippen LogP contribution in [0.25, 0.3) is 10.6 Å². The van der Waals surface area contributed by atoms with Crippen molar-refractivity contribution in [2.75, 3.05) is 11.9 Å². The summed E-state index contributed by atoms with van der Waals surface area (Å²) in [5.41, 5.74) is 6.02. The number of hydrogen-bond acceptors (Lipinski definition) is 4. The van der Waals surface area contributed by atoms with Crippen LogP contribution >= 0.6 is 34.5 Å². The molecule has 0 radical (unpaired) electrons. The maximum atomic E-state index is 13.2. The van der Waals surface area contributed by atoms with E-state index in [0.717, 1.165) is 10.9 Å². The third kappa shape index (κ3) is 4.46. The Balaban J connectivity index is 1.83. The van der Waals surface area contributed by atoms with Crippen LogP contribution in [0.1, 0.15) is 11.1 Å². The fraction of sp³-hybridized carbons (Fsp3) is 0.278. The Morgan fingerprint density at radius 1 is 1.25 bits per heavy atom. The highest BCUT2D eigenvalue weighted by atomic mass is 35.5. The molecule has 150 valence electrons. The number of alkyl halides is 3. The summed E-state index contributed by atoms with van der Waals surface area (Å²) in [6.07, 6.45) is -2.76. The van der Waals surface area contributed by atoms with Gasteiger partial charge in [-0.1, -0.05) is 41.4 Å². The Morgan fingerprint density at radius 3 is 2.57 bits per heavy atom. The van der Waals surface area contributed by atoms with Crippen LogP contribution in [0.2, 0.25) is 10.0 Å². The van der Waals surface area contributed by atoms with Crippen molar-refractivity contribution in [2.24, 2.45) is 12.8 Å². The zero-order chi connectivity index (χ0) is 20.5. The van der Waals surface area contributed by atoms with Gasteiger partial charge in [0.2, 0.25) is 0 Å². The lowest BCUT2D eigenvalue weighted by Gasteiger charge is -2.19. The van der Waals surface area contributed by atoms with Gasteiger partial charge in [-0.3, -0.25) is 4.68 Å². The molecular formula is C18H17Cl2F3N4S. The highest BCUT2D eigenvalue weighted by Gasteiger charge is 2.33. The topological polar surface area (TPSA) is 55.9 Å². The van der Waals surface area contributed by atoms with E-state index in [4.69, 9.17) is 28.9 Å². The van der Waals surface area contributed by atoms with E-state index in [1.54, 1.807) is 23.9 Å². The van der Waals surface area contributed by atoms with Crippen molar-refractivity contribution < 1.29 is 13.2 Å². The van der Waals surface area contributed by atoms with E-state index in [2.05, 4.69) is 10.4 Å². The van der Waals surface area contributed by atoms with E-state index in [1.807, 2.05) is 0 Å². The lowest BCUT2D eigenvalue weighted by atomic mass is 10.00. The highest BCUT2D eigenvalue weighted by molar-refractivity contribution is 7.20. The van der Waals surface area contributed by atoms with Crippen LogP contribution in [0.3, 0.4) is 0 Å². The molecule has 0 fully saturated rings. The summed E-state index contributed by atoms with van der Waals surface area (Å²) in [5, 5.41) is 8.91. The molecule has 2 aromatic heterocycles. The van der Waals surface area contributed by atoms with Gasteiger partial charge in [0.25, 0.3) is 0 Å². The first-order valence-electron chi connectivity index (χ1n) is 8.29. The fourth-order valence-electron chi connectivity index (χ4n) is 2.90. The molecule has 1 aromatic carbocycles. The molecule has 0 amide bonds. The zero-order valence-corrected chi connectivity index (χ0v) is 17.1. The van der Waals surface area contributed by atoms with Gasteiger partial charge in [-0.2, -0.15) is 18.3 Å². The Hall–Kier alpha value is -1.74. The second kappa shape index (κ2) is 8.32. The van der Waals surface area contributed by atoms with Gasteiger partial charge in [0.15, 0.2) is 0 Å². The predicted octanol–water partition coefficient (Wildman–Crippen LogP) is 5.46. The molecule has 10 heteroatoms. The van der Waals surface area contributed by atoms with E-state index < -0.39 is 17.8 Å². The van der Waals surface area contributed by atoms with Crippen molar-refractivity contribution in [3.63, 3.8) is 0 Å². The van der Waals surface area contributed by atoms with Crippen LogP contribution in [0.5, 0.6) is 0 Å². The van der Waals surface area contributed by atoms with E-state index in [9.17, 15) is 13.2 Å². The molecule has 2 heterocycles. The molecule has 0 aliphatic rings. The number of rotatable bonds is 6. The molecule has 28 heavy (non-hydrogen) atoms. The molecule has 0 aliphatic carbocycles. The third-order valence-electron chi connectivity index (χ3n) is 4.22. The number of halogens is 5. The van der Waals surface area contributed by atoms with Crippen LogP contribution in [0.4, 0.5) is 18.2 Å². The fourth-order valence-corrected chi connectivity index (χ4v) is 4.72. The monoisotopic (exact) mass is 448 g/mol. The van der Waals surface area contributed by atoms with Crippen LogP contribution in [0, 0.1) is 0 Å². The summed E-state index contributed by atoms with van der Waals surface area (Å²) in [7, 11) is 1.75. The predicted molar refractivity (Wildman–Crippen MR) is 108 cm³/mol. The van der Waals surface area contributed by atoms with Crippen LogP contribution in [-0.2, 0) is 19.6 Å². The molecule has 0 saturated carbocycles. The SMILES string of the molecule is Cn1ncc(Cl)c1-c1sc(N[C@H](CN)Cc2ccccc2C(F)(F)F)cc1Cl. The minimum atomic E-state index is -4.41. The van der Waals surface area contributed by atoms with Gasteiger partial charge >= 0.3 is 6.18 Å². The maximum absolute atomic E-state index is 13.2. The number of thiophene rings is 1. The Kier molecular flexibility index (Phi) is 6.24. The summed E-state index contributed by atoms with van der Waals surface area (Å²) in [4.78, 5) is 0.723. The van der Waals surface area contributed by atoms with Gasteiger partial charge in [-0.15, -0.1) is 11.3 Å². The molecule has 3 N–H and O–H groups in total. The van der Waals surface area contributed by atoms with Crippen molar-refractivity contribution in [1.29, 1.82) is 0 Å². The summed E-state index contributed by atoms with van der Waals surface area (Å²) in [6.45, 7) is 0.156. The highest BCUT2D eigenvalue weighted by Crippen LogP contribution is 2.42. The van der Waals surface area contributed by atoms with Crippen molar-refractivity contribution in [3.05, 3.63) is 57.7 Å². The minimum Gasteiger partial charge on any atom is -0.373 e. The lowest BCUT2D eigenvalue weighted by Crippen LogP contribution is -2.31. The van der Waals surface area contributed by atoms with E-state index in [0.29, 0.717) is 20.7 Å². The van der Waals surface area contributed by atoms with E-state index in [1.165, 1.54) is 29.7 Å². The minimum absolute atomic E-state index is 0.128. The molecule has 0 spiro atoms. The van der Waals surface area contributed by atoms with Crippen molar-refractivity contribution in [2.45, 2.75) is 18.6 Å². The Morgan fingerprint density at radius 2 is 1.96 bits per heavy atom. The first-order chi connectivity index (χ1) is 13.2. The molecule has 0 bridgehead atoms. The molecule has 0 saturated heterocycles. The Bertz CT molecular complexity index is 949. The summed E-state index contributed by atoms with van der Waals surface area (Å²) < 4.78 is 41.3. The molecule has 3 aromatic rings. The summed E-state index contributed by atoms with van der Waals surface area (Å²) in [5.74, 6) is 0. The third-order valence-corrected chi connectivity index (χ3v) is 5.98. The van der Waals surface area contributed by atoms with Gasteiger partial charge in [0, 0.05) is 19.6 Å². The number of nitrogens with one attached hydrogen (secondary N) is 1. The number of nitrogens with zero attached hydrogens (tertiary/aromatic N) is 2. The van der Waals surface area contributed by atoms with E-state index in [-0.39, 0.29) is 18.5 Å². The quantitative estimate of drug-likeness (QED) is 0.526. The van der Waals surface area contributed by atoms with Gasteiger partial charge < -0.3 is 11.1 Å². The van der Waals surface area contributed by atoms with Gasteiger partial charge in [-0.05, 0) is 24.1 Å². The summed E-state index contributed by atoms with van der Waals surface area (Å²) in [6, 6.07) is 6.82. The molecule has 3 rings (SSSR count). The molecular weight excluding hydrogens is 432 g/mol. The van der Waals surface area contributed by atoms with Crippen molar-refractivity contribution in [1.82, 2.24) is 9.78 Å². The van der Waals surface area contributed by atoms with Crippen molar-refractivity contribution in [3.8, 4) is 10.6 Å². The van der Waals surface area contributed by atoms with E-state index >= 15 is 0 Å². The van der Waals surface area contributed by atoms with Crippen molar-refractivity contribution >= 4 is 39.5 Å². The number of hydrogen-bond donors (Lipinski definition) is 2. The number of aromatic nitrogens is 2. The smallest absolute Gasteiger partial charge is 0.373 e. The number of anilines is 1. The average Bonchev–Trinajstić information content (AvgIpc) is 3.15. The molecule has 0 aliphatic heterocycles. The molecule has 0 unspecified atom stereocenters. The molecule has 4 nitrogen and oxygen atoms in total. The summed E-state index contributed by atoms with van der Waals surface area (Å²) >= 11 is 13.9. The Labute approximate surface area is 174 Å². The van der Waals surface area contributed by atoms with Gasteiger partial charge in [-0.25, -0.2) is 0 Å². The largest absolute Gasteiger partial charge is 0.416 e. The van der Waals surface area contributed by atoms with Gasteiger partial charge in [0.05, 0.1) is 37.4 Å². The average molecular weight is 449 g/mol. The first-order valence-corrected chi connectivity index (χ1v) is 9.86. The first kappa shape index (κ1) is 21.0. The normalized spacial score (nSPS) is 13.0.